The largest absolute Gasteiger partial charge is 0.434 e. The molecule has 1 aliphatic rings. The summed E-state index contributed by atoms with van der Waals surface area (Å²) in [5.74, 6) is 0.710. The molecule has 0 saturated carbocycles. The lowest BCUT2D eigenvalue weighted by atomic mass is 10.0. The highest BCUT2D eigenvalue weighted by Crippen LogP contribution is 2.30. The molecular weight excluding hydrogens is 363 g/mol. The molecular formula is C17H28F3N5S. The number of halogens is 3. The molecule has 1 fully saturated rings. The van der Waals surface area contributed by atoms with Crippen LogP contribution in [-0.4, -0.2) is 54.6 Å². The molecule has 1 aromatic heterocycles. The average Bonchev–Trinajstić information content (AvgIpc) is 3.09. The Morgan fingerprint density at radius 2 is 2.15 bits per heavy atom. The number of nitrogens with zero attached hydrogens (tertiary/aromatic N) is 3. The summed E-state index contributed by atoms with van der Waals surface area (Å²) in [6, 6.07) is 0.470. The van der Waals surface area contributed by atoms with Crippen molar-refractivity contribution in [3.8, 4) is 0 Å². The van der Waals surface area contributed by atoms with E-state index in [-0.39, 0.29) is 0 Å². The molecule has 148 valence electrons. The van der Waals surface area contributed by atoms with Crippen LogP contribution in [-0.2, 0) is 12.6 Å². The van der Waals surface area contributed by atoms with Crippen molar-refractivity contribution in [2.75, 3.05) is 32.7 Å². The summed E-state index contributed by atoms with van der Waals surface area (Å²) in [6.07, 6.45) is -0.276. The number of alkyl halides is 3. The summed E-state index contributed by atoms with van der Waals surface area (Å²) in [6.45, 7) is 8.31. The van der Waals surface area contributed by atoms with Gasteiger partial charge in [-0.2, -0.15) is 13.2 Å². The molecule has 0 radical (unpaired) electrons. The van der Waals surface area contributed by atoms with E-state index in [1.807, 2.05) is 6.92 Å². The van der Waals surface area contributed by atoms with E-state index in [1.54, 1.807) is 0 Å². The molecule has 2 rings (SSSR count). The lowest BCUT2D eigenvalue weighted by Crippen LogP contribution is -2.43. The van der Waals surface area contributed by atoms with E-state index in [1.165, 1.54) is 12.8 Å². The van der Waals surface area contributed by atoms with Crippen LogP contribution in [0.25, 0.3) is 0 Å². The maximum absolute atomic E-state index is 12.6. The predicted octanol–water partition coefficient (Wildman–Crippen LogP) is 3.13. The number of hydrogen-bond donors (Lipinski definition) is 2. The number of aromatic nitrogens is 1. The second kappa shape index (κ2) is 10.1. The topological polar surface area (TPSA) is 52.6 Å². The van der Waals surface area contributed by atoms with Crippen LogP contribution < -0.4 is 10.6 Å². The average molecular weight is 392 g/mol. The summed E-state index contributed by atoms with van der Waals surface area (Å²) in [7, 11) is 0. The van der Waals surface area contributed by atoms with E-state index in [0.717, 1.165) is 49.3 Å². The third-order valence-corrected chi connectivity index (χ3v) is 5.34. The van der Waals surface area contributed by atoms with Crippen LogP contribution in [0.2, 0.25) is 0 Å². The highest BCUT2D eigenvalue weighted by molar-refractivity contribution is 7.09. The SMILES string of the molecule is CCNC(=NCC1CCCCN1CC)NCCc1nc(C(F)(F)F)cs1. The maximum Gasteiger partial charge on any atom is 0.434 e. The number of thiazole rings is 1. The van der Waals surface area contributed by atoms with Gasteiger partial charge in [0.25, 0.3) is 0 Å². The molecule has 9 heteroatoms. The molecule has 26 heavy (non-hydrogen) atoms. The number of hydrogen-bond acceptors (Lipinski definition) is 4. The second-order valence-electron chi connectivity index (χ2n) is 6.30. The van der Waals surface area contributed by atoms with Gasteiger partial charge in [-0.3, -0.25) is 9.89 Å². The van der Waals surface area contributed by atoms with Gasteiger partial charge < -0.3 is 10.6 Å². The van der Waals surface area contributed by atoms with Crippen LogP contribution in [0, 0.1) is 0 Å². The van der Waals surface area contributed by atoms with Crippen molar-refractivity contribution in [1.82, 2.24) is 20.5 Å². The van der Waals surface area contributed by atoms with Crippen molar-refractivity contribution in [3.63, 3.8) is 0 Å². The summed E-state index contributed by atoms with van der Waals surface area (Å²) in [4.78, 5) is 10.8. The predicted molar refractivity (Wildman–Crippen MR) is 99.7 cm³/mol. The Hall–Kier alpha value is -1.35. The van der Waals surface area contributed by atoms with Gasteiger partial charge >= 0.3 is 6.18 Å². The molecule has 1 unspecified atom stereocenters. The molecule has 1 aromatic rings. The highest BCUT2D eigenvalue weighted by Gasteiger charge is 2.33. The first-order valence-corrected chi connectivity index (χ1v) is 10.1. The second-order valence-corrected chi connectivity index (χ2v) is 7.24. The van der Waals surface area contributed by atoms with Gasteiger partial charge in [-0.1, -0.05) is 13.3 Å². The fourth-order valence-corrected chi connectivity index (χ4v) is 3.87. The molecule has 1 aliphatic heterocycles. The van der Waals surface area contributed by atoms with Crippen LogP contribution >= 0.6 is 11.3 Å². The number of likely N-dealkylation sites (tertiary alicyclic amines) is 1. The first-order valence-electron chi connectivity index (χ1n) is 9.21. The minimum absolute atomic E-state index is 0.440. The van der Waals surface area contributed by atoms with Gasteiger partial charge in [0.1, 0.15) is 0 Å². The van der Waals surface area contributed by atoms with Gasteiger partial charge in [0, 0.05) is 30.9 Å². The van der Waals surface area contributed by atoms with E-state index in [4.69, 9.17) is 0 Å². The Morgan fingerprint density at radius 3 is 2.81 bits per heavy atom. The number of likely N-dealkylation sites (N-methyl/N-ethyl adjacent to an activating group) is 1. The molecule has 1 saturated heterocycles. The lowest BCUT2D eigenvalue weighted by molar-refractivity contribution is -0.140. The zero-order valence-electron chi connectivity index (χ0n) is 15.4. The summed E-state index contributed by atoms with van der Waals surface area (Å²) >= 11 is 1.04. The van der Waals surface area contributed by atoms with Crippen molar-refractivity contribution < 1.29 is 13.2 Å². The van der Waals surface area contributed by atoms with E-state index in [0.29, 0.717) is 30.0 Å². The van der Waals surface area contributed by atoms with Gasteiger partial charge in [0.2, 0.25) is 0 Å². The normalized spacial score (nSPS) is 19.6. The molecule has 5 nitrogen and oxygen atoms in total. The molecule has 0 spiro atoms. The van der Waals surface area contributed by atoms with E-state index in [2.05, 4.69) is 32.4 Å². The van der Waals surface area contributed by atoms with Gasteiger partial charge in [-0.15, -0.1) is 11.3 Å². The Balaban J connectivity index is 1.84. The quantitative estimate of drug-likeness (QED) is 0.554. The number of guanidine groups is 1. The van der Waals surface area contributed by atoms with Gasteiger partial charge in [0.15, 0.2) is 11.7 Å². The number of nitrogens with one attached hydrogen (secondary N) is 2. The fraction of sp³-hybridized carbons (Fsp3) is 0.765. The molecule has 2 N–H and O–H groups in total. The Labute approximate surface area is 157 Å². The van der Waals surface area contributed by atoms with Crippen molar-refractivity contribution in [1.29, 1.82) is 0 Å². The van der Waals surface area contributed by atoms with Crippen molar-refractivity contribution in [2.45, 2.75) is 51.7 Å². The molecule has 0 aliphatic carbocycles. The van der Waals surface area contributed by atoms with Crippen LogP contribution in [0.15, 0.2) is 10.4 Å². The Bertz CT molecular complexity index is 573. The van der Waals surface area contributed by atoms with Crippen molar-refractivity contribution in [2.24, 2.45) is 4.99 Å². The minimum Gasteiger partial charge on any atom is -0.357 e. The van der Waals surface area contributed by atoms with E-state index < -0.39 is 11.9 Å². The van der Waals surface area contributed by atoms with Crippen LogP contribution in [0.4, 0.5) is 13.2 Å². The molecule has 1 atom stereocenters. The number of aliphatic imine (C=N–C) groups is 1. The van der Waals surface area contributed by atoms with Crippen molar-refractivity contribution >= 4 is 17.3 Å². The van der Waals surface area contributed by atoms with E-state index >= 15 is 0 Å². The standard InChI is InChI=1S/C17H28F3N5S/c1-3-21-16(23-11-13-7-5-6-10-25(13)4-2)22-9-8-15-24-14(12-26-15)17(18,19)20/h12-13H,3-11H2,1-2H3,(H2,21,22,23). The molecule has 2 heterocycles. The number of piperidine rings is 1. The Kier molecular flexibility index (Phi) is 8.15. The maximum atomic E-state index is 12.6. The summed E-state index contributed by atoms with van der Waals surface area (Å²) in [5, 5.41) is 7.93. The third-order valence-electron chi connectivity index (χ3n) is 4.43. The fourth-order valence-electron chi connectivity index (χ4n) is 3.07. The zero-order valence-corrected chi connectivity index (χ0v) is 16.2. The first kappa shape index (κ1) is 21.0. The van der Waals surface area contributed by atoms with E-state index in [9.17, 15) is 13.2 Å². The zero-order chi connectivity index (χ0) is 19.0. The first-order chi connectivity index (χ1) is 12.4. The lowest BCUT2D eigenvalue weighted by Gasteiger charge is -2.33. The Morgan fingerprint density at radius 1 is 1.35 bits per heavy atom. The molecule has 0 bridgehead atoms. The minimum atomic E-state index is -4.37. The smallest absolute Gasteiger partial charge is 0.357 e. The highest BCUT2D eigenvalue weighted by atomic mass is 32.1. The summed E-state index contributed by atoms with van der Waals surface area (Å²) in [5.41, 5.74) is -0.810. The molecule has 0 amide bonds. The van der Waals surface area contributed by atoms with Gasteiger partial charge in [0.05, 0.1) is 11.6 Å². The van der Waals surface area contributed by atoms with Crippen molar-refractivity contribution in [3.05, 3.63) is 16.1 Å². The van der Waals surface area contributed by atoms with Gasteiger partial charge in [-0.25, -0.2) is 4.98 Å². The monoisotopic (exact) mass is 391 g/mol. The summed E-state index contributed by atoms with van der Waals surface area (Å²) < 4.78 is 37.8. The third kappa shape index (κ3) is 6.42. The molecule has 0 aromatic carbocycles. The van der Waals surface area contributed by atoms with Crippen LogP contribution in [0.3, 0.4) is 0 Å². The van der Waals surface area contributed by atoms with Crippen LogP contribution in [0.1, 0.15) is 43.8 Å². The number of rotatable bonds is 7. The van der Waals surface area contributed by atoms with Crippen LogP contribution in [0.5, 0.6) is 0 Å². The van der Waals surface area contributed by atoms with Gasteiger partial charge in [-0.05, 0) is 32.9 Å².